The van der Waals surface area contributed by atoms with E-state index in [2.05, 4.69) is 6.07 Å². The summed E-state index contributed by atoms with van der Waals surface area (Å²) in [4.78, 5) is 0. The van der Waals surface area contributed by atoms with Gasteiger partial charge in [-0.3, -0.25) is 5.11 Å². The Hall–Kier alpha value is -1.76. The molecule has 0 aromatic heterocycles. The fraction of sp³-hybridized carbons (Fsp3) is 0. The van der Waals surface area contributed by atoms with Crippen LogP contribution in [0.2, 0.25) is 0 Å². The summed E-state index contributed by atoms with van der Waals surface area (Å²) in [6, 6.07) is 17.7. The van der Waals surface area contributed by atoms with Crippen molar-refractivity contribution in [1.29, 1.82) is 0 Å². The Labute approximate surface area is 77.3 Å². The molecule has 0 fully saturated rings. The van der Waals surface area contributed by atoms with E-state index in [-0.39, 0.29) is 5.75 Å². The Bertz CT molecular complexity index is 393. The molecule has 1 nitrogen and oxygen atoms in total. The molecule has 0 aliphatic carbocycles. The maximum absolute atomic E-state index is 11.0. The molecule has 0 spiro atoms. The van der Waals surface area contributed by atoms with Gasteiger partial charge in [0.1, 0.15) is 0 Å². The van der Waals surface area contributed by atoms with Gasteiger partial charge < -0.3 is 0 Å². The molecule has 0 unspecified atom stereocenters. The monoisotopic (exact) mass is 168 g/mol. The molecule has 0 saturated carbocycles. The second-order valence-electron chi connectivity index (χ2n) is 2.79. The van der Waals surface area contributed by atoms with Crippen molar-refractivity contribution >= 4 is 0 Å². The van der Waals surface area contributed by atoms with E-state index in [1.165, 1.54) is 6.07 Å². The van der Waals surface area contributed by atoms with Crippen LogP contribution in [0.3, 0.4) is 0 Å². The summed E-state index contributed by atoms with van der Waals surface area (Å²) in [6.45, 7) is 0. The van der Waals surface area contributed by atoms with Crippen molar-refractivity contribution in [3.63, 3.8) is 0 Å². The van der Waals surface area contributed by atoms with E-state index in [0.29, 0.717) is 0 Å². The normalized spacial score (nSPS) is 9.85. The van der Waals surface area contributed by atoms with Gasteiger partial charge in [-0.2, -0.15) is 0 Å². The molecular formula is C12H8O. The maximum Gasteiger partial charge on any atom is 0.187 e. The molecule has 1 heteroatoms. The molecule has 0 N–H and O–H groups in total. The summed E-state index contributed by atoms with van der Waals surface area (Å²) in [5.74, 6) is -0.0682. The van der Waals surface area contributed by atoms with Crippen molar-refractivity contribution in [2.24, 2.45) is 0 Å². The third kappa shape index (κ3) is 1.70. The van der Waals surface area contributed by atoms with Crippen LogP contribution in [-0.4, -0.2) is 0 Å². The molecule has 0 atom stereocenters. The Morgan fingerprint density at radius 3 is 2.31 bits per heavy atom. The van der Waals surface area contributed by atoms with E-state index >= 15 is 0 Å². The van der Waals surface area contributed by atoms with Crippen LogP contribution in [0.15, 0.2) is 48.5 Å². The van der Waals surface area contributed by atoms with Gasteiger partial charge in [0, 0.05) is 6.07 Å². The number of rotatable bonds is 1. The fourth-order valence-electron chi connectivity index (χ4n) is 1.23. The highest BCUT2D eigenvalue weighted by atomic mass is 16.3. The van der Waals surface area contributed by atoms with Crippen LogP contribution < -0.4 is 0 Å². The van der Waals surface area contributed by atoms with Crippen molar-refractivity contribution in [3.05, 3.63) is 54.6 Å². The number of hydrogen-bond acceptors (Lipinski definition) is 0. The Balaban J connectivity index is 2.48. The highest BCUT2D eigenvalue weighted by Gasteiger charge is 1.97. The van der Waals surface area contributed by atoms with Crippen molar-refractivity contribution in [2.75, 3.05) is 0 Å². The minimum atomic E-state index is -0.0682. The Morgan fingerprint density at radius 1 is 0.846 bits per heavy atom. The summed E-state index contributed by atoms with van der Waals surface area (Å²) >= 11 is 0. The summed E-state index contributed by atoms with van der Waals surface area (Å²) in [6.07, 6.45) is 0. The molecule has 0 saturated heterocycles. The van der Waals surface area contributed by atoms with Crippen molar-refractivity contribution < 1.29 is 5.11 Å². The second-order valence-corrected chi connectivity index (χ2v) is 2.79. The minimum Gasteiger partial charge on any atom is -0.289 e. The van der Waals surface area contributed by atoms with E-state index in [1.54, 1.807) is 6.07 Å². The van der Waals surface area contributed by atoms with Gasteiger partial charge in [-0.05, 0) is 17.2 Å². The molecule has 2 aromatic rings. The van der Waals surface area contributed by atoms with Crippen molar-refractivity contribution in [1.82, 2.24) is 0 Å². The summed E-state index contributed by atoms with van der Waals surface area (Å²) < 4.78 is 0. The lowest BCUT2D eigenvalue weighted by Crippen LogP contribution is -1.75. The van der Waals surface area contributed by atoms with E-state index in [0.717, 1.165) is 11.1 Å². The van der Waals surface area contributed by atoms with Crippen LogP contribution in [0, 0.1) is 6.07 Å². The van der Waals surface area contributed by atoms with Gasteiger partial charge in [-0.25, -0.2) is 0 Å². The SMILES string of the molecule is [O]c1[c]c(-c2ccccc2)ccc1. The average molecular weight is 168 g/mol. The summed E-state index contributed by atoms with van der Waals surface area (Å²) in [7, 11) is 0. The van der Waals surface area contributed by atoms with Gasteiger partial charge in [0.05, 0.1) is 0 Å². The zero-order chi connectivity index (χ0) is 9.10. The van der Waals surface area contributed by atoms with Crippen LogP contribution in [0.25, 0.3) is 11.1 Å². The molecule has 2 rings (SSSR count). The van der Waals surface area contributed by atoms with E-state index < -0.39 is 0 Å². The number of benzene rings is 2. The molecular weight excluding hydrogens is 160 g/mol. The van der Waals surface area contributed by atoms with Gasteiger partial charge in [-0.1, -0.05) is 42.5 Å². The van der Waals surface area contributed by atoms with E-state index in [4.69, 9.17) is 0 Å². The van der Waals surface area contributed by atoms with Gasteiger partial charge in [0.25, 0.3) is 0 Å². The lowest BCUT2D eigenvalue weighted by Gasteiger charge is -1.98. The van der Waals surface area contributed by atoms with Gasteiger partial charge in [0.15, 0.2) is 5.75 Å². The zero-order valence-electron chi connectivity index (χ0n) is 7.03. The first kappa shape index (κ1) is 7.87. The first-order valence-electron chi connectivity index (χ1n) is 4.11. The number of hydrogen-bond donors (Lipinski definition) is 0. The van der Waals surface area contributed by atoms with Crippen molar-refractivity contribution in [3.8, 4) is 16.9 Å². The Morgan fingerprint density at radius 2 is 1.62 bits per heavy atom. The molecule has 0 aliphatic rings. The summed E-state index contributed by atoms with van der Waals surface area (Å²) in [5, 5.41) is 11.0. The zero-order valence-corrected chi connectivity index (χ0v) is 7.03. The van der Waals surface area contributed by atoms with Crippen molar-refractivity contribution in [2.45, 2.75) is 0 Å². The first-order chi connectivity index (χ1) is 6.36. The summed E-state index contributed by atoms with van der Waals surface area (Å²) in [5.41, 5.74) is 1.88. The molecule has 62 valence electrons. The molecule has 0 aliphatic heterocycles. The predicted molar refractivity (Wildman–Crippen MR) is 50.8 cm³/mol. The van der Waals surface area contributed by atoms with Crippen LogP contribution in [-0.2, 0) is 5.11 Å². The van der Waals surface area contributed by atoms with Gasteiger partial charge in [0.2, 0.25) is 0 Å². The molecule has 0 bridgehead atoms. The topological polar surface area (TPSA) is 19.9 Å². The maximum atomic E-state index is 11.0. The third-order valence-corrected chi connectivity index (χ3v) is 1.85. The minimum absolute atomic E-state index is 0.0682. The highest BCUT2D eigenvalue weighted by molar-refractivity contribution is 5.63. The quantitative estimate of drug-likeness (QED) is 0.622. The van der Waals surface area contributed by atoms with Crippen LogP contribution >= 0.6 is 0 Å². The average Bonchev–Trinajstić information content (AvgIpc) is 2.19. The van der Waals surface area contributed by atoms with Crippen LogP contribution in [0.4, 0.5) is 0 Å². The van der Waals surface area contributed by atoms with E-state index in [1.807, 2.05) is 36.4 Å². The lowest BCUT2D eigenvalue weighted by molar-refractivity contribution is 0.354. The Kier molecular flexibility index (Phi) is 2.01. The molecule has 13 heavy (non-hydrogen) atoms. The second kappa shape index (κ2) is 3.31. The largest absolute Gasteiger partial charge is 0.289 e. The van der Waals surface area contributed by atoms with Crippen LogP contribution in [0.1, 0.15) is 0 Å². The molecule has 0 amide bonds. The van der Waals surface area contributed by atoms with Crippen LogP contribution in [0.5, 0.6) is 5.75 Å². The standard InChI is InChI=1S/C12H8O/c13-12-8-4-7-11(9-12)10-5-2-1-3-6-10/h1-8H. The molecule has 0 heterocycles. The third-order valence-electron chi connectivity index (χ3n) is 1.85. The van der Waals surface area contributed by atoms with Gasteiger partial charge in [-0.15, -0.1) is 0 Å². The van der Waals surface area contributed by atoms with Gasteiger partial charge >= 0.3 is 0 Å². The molecule has 2 aromatic carbocycles. The molecule has 2 radical (unpaired) electrons. The predicted octanol–water partition coefficient (Wildman–Crippen LogP) is 3.30. The fourth-order valence-corrected chi connectivity index (χ4v) is 1.23. The smallest absolute Gasteiger partial charge is 0.187 e. The first-order valence-corrected chi connectivity index (χ1v) is 4.11. The highest BCUT2D eigenvalue weighted by Crippen LogP contribution is 2.21. The van der Waals surface area contributed by atoms with E-state index in [9.17, 15) is 5.11 Å². The lowest BCUT2D eigenvalue weighted by atomic mass is 10.1.